The number of halogens is 4. The largest absolute Gasteiger partial charge is 0.479 e. The number of aliphatic carboxylic acids is 1. The molecule has 0 spiro atoms. The second-order valence-corrected chi connectivity index (χ2v) is 4.21. The van der Waals surface area contributed by atoms with Crippen molar-refractivity contribution in [2.45, 2.75) is 6.10 Å². The Bertz CT molecular complexity index is 423. The third kappa shape index (κ3) is 2.35. The van der Waals surface area contributed by atoms with Crippen LogP contribution in [-0.4, -0.2) is 16.2 Å². The van der Waals surface area contributed by atoms with E-state index in [9.17, 15) is 13.6 Å². The summed E-state index contributed by atoms with van der Waals surface area (Å²) < 4.78 is 25.8. The van der Waals surface area contributed by atoms with Crippen LogP contribution in [0.5, 0.6) is 0 Å². The summed E-state index contributed by atoms with van der Waals surface area (Å²) in [5.41, 5.74) is -0.518. The molecule has 0 aliphatic heterocycles. The van der Waals surface area contributed by atoms with Gasteiger partial charge in [-0.25, -0.2) is 13.6 Å². The number of aliphatic hydroxyl groups is 1. The van der Waals surface area contributed by atoms with Crippen LogP contribution in [0.2, 0.25) is 0 Å². The molecule has 82 valence electrons. The van der Waals surface area contributed by atoms with Crippen LogP contribution in [0.3, 0.4) is 0 Å². The second kappa shape index (κ2) is 4.54. The molecule has 1 aromatic rings. The highest BCUT2D eigenvalue weighted by Gasteiger charge is 2.26. The first-order valence-electron chi connectivity index (χ1n) is 3.60. The van der Waals surface area contributed by atoms with Crippen LogP contribution < -0.4 is 0 Å². The zero-order chi connectivity index (χ0) is 11.7. The number of carbonyl (C=O) groups is 1. The molecule has 0 aliphatic rings. The van der Waals surface area contributed by atoms with Crippen molar-refractivity contribution in [3.05, 3.63) is 32.2 Å². The number of benzene rings is 1. The molecule has 7 heteroatoms. The molecule has 0 heterocycles. The van der Waals surface area contributed by atoms with Gasteiger partial charge in [-0.1, -0.05) is 0 Å². The van der Waals surface area contributed by atoms with E-state index in [1.165, 1.54) is 0 Å². The molecule has 0 aromatic heterocycles. The summed E-state index contributed by atoms with van der Waals surface area (Å²) in [7, 11) is 0. The molecule has 1 aromatic carbocycles. The summed E-state index contributed by atoms with van der Waals surface area (Å²) in [5.74, 6) is -3.63. The van der Waals surface area contributed by atoms with Gasteiger partial charge in [-0.05, 0) is 31.9 Å². The minimum Gasteiger partial charge on any atom is -0.479 e. The fourth-order valence-electron chi connectivity index (χ4n) is 0.954. The van der Waals surface area contributed by atoms with Crippen molar-refractivity contribution in [1.29, 1.82) is 0 Å². The molecule has 3 nitrogen and oxygen atoms in total. The molecule has 0 radical (unpaired) electrons. The van der Waals surface area contributed by atoms with Crippen LogP contribution in [-0.2, 0) is 4.79 Å². The maximum absolute atomic E-state index is 13.2. The summed E-state index contributed by atoms with van der Waals surface area (Å²) in [6.45, 7) is 0. The van der Waals surface area contributed by atoms with Gasteiger partial charge in [0.25, 0.3) is 0 Å². The Balaban J connectivity index is 3.42. The lowest BCUT2D eigenvalue weighted by Crippen LogP contribution is -2.13. The first kappa shape index (κ1) is 12.5. The fraction of sp³-hybridized carbons (Fsp3) is 0.125. The smallest absolute Gasteiger partial charge is 0.337 e. The van der Waals surface area contributed by atoms with Crippen molar-refractivity contribution in [2.24, 2.45) is 0 Å². The molecule has 2 N–H and O–H groups in total. The van der Waals surface area contributed by atoms with Gasteiger partial charge in [0.1, 0.15) is 11.6 Å². The van der Waals surface area contributed by atoms with Gasteiger partial charge in [-0.3, -0.25) is 0 Å². The maximum Gasteiger partial charge on any atom is 0.337 e. The number of hydrogen-bond acceptors (Lipinski definition) is 2. The predicted molar refractivity (Wildman–Crippen MR) is 54.4 cm³/mol. The lowest BCUT2D eigenvalue weighted by molar-refractivity contribution is -0.147. The minimum absolute atomic E-state index is 0.140. The number of carboxylic acid groups (broad SMARTS) is 1. The maximum atomic E-state index is 13.2. The van der Waals surface area contributed by atoms with Crippen molar-refractivity contribution in [2.75, 3.05) is 0 Å². The number of rotatable bonds is 2. The molecule has 0 aliphatic carbocycles. The highest BCUT2D eigenvalue weighted by atomic mass is 79.9. The first-order chi connectivity index (χ1) is 6.86. The van der Waals surface area contributed by atoms with Crippen LogP contribution in [0.25, 0.3) is 0 Å². The number of aliphatic hydroxyl groups excluding tert-OH is 1. The molecule has 0 fully saturated rings. The van der Waals surface area contributed by atoms with Crippen molar-refractivity contribution < 1.29 is 23.8 Å². The van der Waals surface area contributed by atoms with Crippen molar-refractivity contribution in [3.63, 3.8) is 0 Å². The summed E-state index contributed by atoms with van der Waals surface area (Å²) in [6, 6.07) is 0.496. The summed E-state index contributed by atoms with van der Waals surface area (Å²) in [5, 5.41) is 17.7. The van der Waals surface area contributed by atoms with Crippen LogP contribution in [0, 0.1) is 11.6 Å². The molecule has 1 atom stereocenters. The minimum atomic E-state index is -2.05. The molecule has 0 amide bonds. The summed E-state index contributed by atoms with van der Waals surface area (Å²) >= 11 is 5.59. The first-order valence-corrected chi connectivity index (χ1v) is 5.18. The normalized spacial score (nSPS) is 12.6. The second-order valence-electron chi connectivity index (χ2n) is 2.62. The Labute approximate surface area is 100.0 Å². The molecular formula is C8H4Br2F2O3. The van der Waals surface area contributed by atoms with Crippen LogP contribution >= 0.6 is 31.9 Å². The van der Waals surface area contributed by atoms with Gasteiger partial charge in [-0.15, -0.1) is 0 Å². The third-order valence-electron chi connectivity index (χ3n) is 1.66. The SMILES string of the molecule is O=C(O)C(O)c1c(F)cc(F)c(Br)c1Br. The highest BCUT2D eigenvalue weighted by Crippen LogP contribution is 2.35. The molecule has 0 saturated heterocycles. The van der Waals surface area contributed by atoms with Gasteiger partial charge in [0.15, 0.2) is 6.10 Å². The molecular weight excluding hydrogens is 342 g/mol. The van der Waals surface area contributed by atoms with Gasteiger partial charge in [0, 0.05) is 16.1 Å². The van der Waals surface area contributed by atoms with E-state index in [2.05, 4.69) is 31.9 Å². The van der Waals surface area contributed by atoms with E-state index in [0.29, 0.717) is 6.07 Å². The molecule has 0 saturated carbocycles. The summed E-state index contributed by atoms with van der Waals surface area (Å²) in [6.07, 6.45) is -2.05. The van der Waals surface area contributed by atoms with Gasteiger partial charge in [-0.2, -0.15) is 0 Å². The number of hydrogen-bond donors (Lipinski definition) is 2. The lowest BCUT2D eigenvalue weighted by Gasteiger charge is -2.11. The van der Waals surface area contributed by atoms with Crippen LogP contribution in [0.4, 0.5) is 8.78 Å². The molecule has 1 unspecified atom stereocenters. The van der Waals surface area contributed by atoms with E-state index in [1.807, 2.05) is 0 Å². The average molecular weight is 346 g/mol. The van der Waals surface area contributed by atoms with Gasteiger partial charge >= 0.3 is 5.97 Å². The molecule has 1 rings (SSSR count). The van der Waals surface area contributed by atoms with Gasteiger partial charge in [0.05, 0.1) is 4.47 Å². The lowest BCUT2D eigenvalue weighted by atomic mass is 10.1. The Morgan fingerprint density at radius 3 is 2.27 bits per heavy atom. The van der Waals surface area contributed by atoms with Crippen molar-refractivity contribution in [3.8, 4) is 0 Å². The number of carboxylic acids is 1. The van der Waals surface area contributed by atoms with Crippen molar-refractivity contribution >= 4 is 37.8 Å². The van der Waals surface area contributed by atoms with E-state index < -0.39 is 29.3 Å². The van der Waals surface area contributed by atoms with Crippen LogP contribution in [0.15, 0.2) is 15.0 Å². The predicted octanol–water partition coefficient (Wildman–Crippen LogP) is 2.61. The Kier molecular flexibility index (Phi) is 3.80. The molecule has 0 bridgehead atoms. The Morgan fingerprint density at radius 2 is 1.80 bits per heavy atom. The van der Waals surface area contributed by atoms with Crippen molar-refractivity contribution in [1.82, 2.24) is 0 Å². The molecule has 15 heavy (non-hydrogen) atoms. The van der Waals surface area contributed by atoms with E-state index >= 15 is 0 Å². The highest BCUT2D eigenvalue weighted by molar-refractivity contribution is 9.13. The zero-order valence-electron chi connectivity index (χ0n) is 6.97. The van der Waals surface area contributed by atoms with Crippen LogP contribution in [0.1, 0.15) is 11.7 Å². The van der Waals surface area contributed by atoms with E-state index in [0.717, 1.165) is 0 Å². The zero-order valence-corrected chi connectivity index (χ0v) is 10.1. The Hall–Kier alpha value is -0.530. The monoisotopic (exact) mass is 344 g/mol. The van der Waals surface area contributed by atoms with Gasteiger partial charge in [0.2, 0.25) is 0 Å². The Morgan fingerprint density at radius 1 is 1.27 bits per heavy atom. The summed E-state index contributed by atoms with van der Waals surface area (Å²) in [4.78, 5) is 10.5. The third-order valence-corrected chi connectivity index (χ3v) is 3.79. The topological polar surface area (TPSA) is 57.5 Å². The standard InChI is InChI=1S/C8H4Br2F2O3/c9-5-3(12)1-2(11)4(6(5)10)7(13)8(14)15/h1,7,13H,(H,14,15). The quantitative estimate of drug-likeness (QED) is 0.640. The van der Waals surface area contributed by atoms with Gasteiger partial charge < -0.3 is 10.2 Å². The average Bonchev–Trinajstić information content (AvgIpc) is 2.14. The fourth-order valence-corrected chi connectivity index (χ4v) is 1.88. The van der Waals surface area contributed by atoms with E-state index in [4.69, 9.17) is 10.2 Å². The van der Waals surface area contributed by atoms with E-state index in [-0.39, 0.29) is 8.95 Å². The van der Waals surface area contributed by atoms with E-state index in [1.54, 1.807) is 0 Å².